The Balaban J connectivity index is 3.01. The van der Waals surface area contributed by atoms with Crippen LogP contribution in [0.15, 0.2) is 23.1 Å². The second-order valence-corrected chi connectivity index (χ2v) is 6.49. The van der Waals surface area contributed by atoms with Gasteiger partial charge in [0.15, 0.2) is 0 Å². The average Bonchev–Trinajstić information content (AvgIpc) is 2.29. The molecule has 3 nitrogen and oxygen atoms in total. The first-order chi connectivity index (χ1) is 7.90. The van der Waals surface area contributed by atoms with Gasteiger partial charge in [-0.25, -0.2) is 13.1 Å². The van der Waals surface area contributed by atoms with Crippen LogP contribution in [0.25, 0.3) is 0 Å². The molecule has 96 valence electrons. The lowest BCUT2D eigenvalue weighted by molar-refractivity contribution is 0.559. The lowest BCUT2D eigenvalue weighted by atomic mass is 10.1. The zero-order valence-electron chi connectivity index (χ0n) is 10.3. The monoisotopic (exact) mass is 319 g/mol. The van der Waals surface area contributed by atoms with Crippen LogP contribution in [0.3, 0.4) is 0 Å². The number of benzene rings is 1. The van der Waals surface area contributed by atoms with Gasteiger partial charge in [-0.05, 0) is 43.5 Å². The lowest BCUT2D eigenvalue weighted by Gasteiger charge is -2.15. The van der Waals surface area contributed by atoms with Crippen molar-refractivity contribution in [1.82, 2.24) is 4.72 Å². The van der Waals surface area contributed by atoms with Crippen LogP contribution < -0.4 is 4.72 Å². The van der Waals surface area contributed by atoms with Gasteiger partial charge >= 0.3 is 0 Å². The summed E-state index contributed by atoms with van der Waals surface area (Å²) in [4.78, 5) is 0.333. The van der Waals surface area contributed by atoms with E-state index in [1.54, 1.807) is 12.1 Å². The predicted octanol–water partition coefficient (Wildman–Crippen LogP) is 2.76. The summed E-state index contributed by atoms with van der Waals surface area (Å²) in [6.07, 6.45) is 0.759. The molecule has 1 unspecified atom stereocenters. The van der Waals surface area contributed by atoms with Crippen molar-refractivity contribution in [2.24, 2.45) is 0 Å². The van der Waals surface area contributed by atoms with Crippen LogP contribution in [0, 0.1) is 13.8 Å². The van der Waals surface area contributed by atoms with E-state index in [-0.39, 0.29) is 6.04 Å². The molecule has 1 aromatic carbocycles. The highest BCUT2D eigenvalue weighted by Gasteiger charge is 2.18. The van der Waals surface area contributed by atoms with Gasteiger partial charge in [0.2, 0.25) is 10.0 Å². The van der Waals surface area contributed by atoms with Gasteiger partial charge in [0.05, 0.1) is 4.90 Å². The van der Waals surface area contributed by atoms with Crippen LogP contribution in [-0.4, -0.2) is 19.8 Å². The fourth-order valence-corrected chi connectivity index (χ4v) is 3.63. The van der Waals surface area contributed by atoms with Gasteiger partial charge < -0.3 is 0 Å². The Labute approximate surface area is 112 Å². The molecule has 0 aromatic heterocycles. The lowest BCUT2D eigenvalue weighted by Crippen LogP contribution is -2.35. The third kappa shape index (κ3) is 3.79. The molecule has 0 amide bonds. The quantitative estimate of drug-likeness (QED) is 0.848. The molecule has 0 heterocycles. The minimum absolute atomic E-state index is 0.0680. The van der Waals surface area contributed by atoms with E-state index in [9.17, 15) is 8.42 Å². The summed E-state index contributed by atoms with van der Waals surface area (Å²) < 4.78 is 26.9. The van der Waals surface area contributed by atoms with Crippen molar-refractivity contribution >= 4 is 26.0 Å². The summed E-state index contributed by atoms with van der Waals surface area (Å²) in [5.74, 6) is 0. The van der Waals surface area contributed by atoms with E-state index in [0.717, 1.165) is 17.5 Å². The highest BCUT2D eigenvalue weighted by molar-refractivity contribution is 9.09. The van der Waals surface area contributed by atoms with Crippen LogP contribution in [0.4, 0.5) is 0 Å². The SMILES string of the molecule is CCC(CBr)NS(=O)(=O)c1ccc(C)c(C)c1. The van der Waals surface area contributed by atoms with Crippen LogP contribution >= 0.6 is 15.9 Å². The van der Waals surface area contributed by atoms with E-state index in [1.807, 2.05) is 26.8 Å². The topological polar surface area (TPSA) is 46.2 Å². The van der Waals surface area contributed by atoms with Gasteiger partial charge in [-0.1, -0.05) is 28.9 Å². The first-order valence-electron chi connectivity index (χ1n) is 5.56. The summed E-state index contributed by atoms with van der Waals surface area (Å²) in [6, 6.07) is 5.12. The van der Waals surface area contributed by atoms with Crippen LogP contribution in [0.5, 0.6) is 0 Å². The van der Waals surface area contributed by atoms with Gasteiger partial charge in [-0.3, -0.25) is 0 Å². The fraction of sp³-hybridized carbons (Fsp3) is 0.500. The van der Waals surface area contributed by atoms with Gasteiger partial charge in [0.1, 0.15) is 0 Å². The Kier molecular flexibility index (Phi) is 5.16. The summed E-state index contributed by atoms with van der Waals surface area (Å²) in [6.45, 7) is 5.83. The largest absolute Gasteiger partial charge is 0.240 e. The number of nitrogens with one attached hydrogen (secondary N) is 1. The van der Waals surface area contributed by atoms with E-state index in [2.05, 4.69) is 20.7 Å². The van der Waals surface area contributed by atoms with Crippen molar-refractivity contribution in [3.05, 3.63) is 29.3 Å². The van der Waals surface area contributed by atoms with Gasteiger partial charge in [-0.15, -0.1) is 0 Å². The molecule has 1 N–H and O–H groups in total. The predicted molar refractivity (Wildman–Crippen MR) is 74.1 cm³/mol. The molecule has 0 spiro atoms. The molecular formula is C12H18BrNO2S. The number of halogens is 1. The number of hydrogen-bond acceptors (Lipinski definition) is 2. The van der Waals surface area contributed by atoms with Crippen molar-refractivity contribution in [3.8, 4) is 0 Å². The van der Waals surface area contributed by atoms with Crippen molar-refractivity contribution in [1.29, 1.82) is 0 Å². The Morgan fingerprint density at radius 2 is 1.94 bits per heavy atom. The van der Waals surface area contributed by atoms with Crippen molar-refractivity contribution in [2.45, 2.75) is 38.1 Å². The van der Waals surface area contributed by atoms with Crippen LogP contribution in [0.1, 0.15) is 24.5 Å². The molecule has 0 saturated heterocycles. The number of aryl methyl sites for hydroxylation is 2. The Bertz CT molecular complexity index is 481. The molecule has 0 fully saturated rings. The normalized spacial score (nSPS) is 13.6. The smallest absolute Gasteiger partial charge is 0.207 e. The molecule has 0 aliphatic carbocycles. The third-order valence-corrected chi connectivity index (χ3v) is 5.09. The zero-order valence-corrected chi connectivity index (χ0v) is 12.7. The first kappa shape index (κ1) is 14.7. The Morgan fingerprint density at radius 1 is 1.29 bits per heavy atom. The second-order valence-electron chi connectivity index (χ2n) is 4.13. The van der Waals surface area contributed by atoms with E-state index < -0.39 is 10.0 Å². The van der Waals surface area contributed by atoms with Crippen molar-refractivity contribution in [3.63, 3.8) is 0 Å². The highest BCUT2D eigenvalue weighted by Crippen LogP contribution is 2.15. The van der Waals surface area contributed by atoms with E-state index >= 15 is 0 Å². The maximum Gasteiger partial charge on any atom is 0.240 e. The number of hydrogen-bond donors (Lipinski definition) is 1. The van der Waals surface area contributed by atoms with Crippen molar-refractivity contribution < 1.29 is 8.42 Å². The molecule has 17 heavy (non-hydrogen) atoms. The second kappa shape index (κ2) is 5.98. The summed E-state index contributed by atoms with van der Waals surface area (Å²) >= 11 is 3.30. The minimum atomic E-state index is -3.40. The molecule has 0 bridgehead atoms. The van der Waals surface area contributed by atoms with Gasteiger partial charge in [-0.2, -0.15) is 0 Å². The molecule has 1 aromatic rings. The van der Waals surface area contributed by atoms with E-state index in [4.69, 9.17) is 0 Å². The van der Waals surface area contributed by atoms with E-state index in [0.29, 0.717) is 10.2 Å². The molecule has 0 saturated carbocycles. The van der Waals surface area contributed by atoms with Gasteiger partial charge in [0.25, 0.3) is 0 Å². The molecule has 0 radical (unpaired) electrons. The molecular weight excluding hydrogens is 302 g/mol. The summed E-state index contributed by atoms with van der Waals surface area (Å²) in [7, 11) is -3.40. The van der Waals surface area contributed by atoms with Gasteiger partial charge in [0, 0.05) is 11.4 Å². The highest BCUT2D eigenvalue weighted by atomic mass is 79.9. The summed E-state index contributed by atoms with van der Waals surface area (Å²) in [5.41, 5.74) is 2.08. The molecule has 1 atom stereocenters. The van der Waals surface area contributed by atoms with Crippen LogP contribution in [0.2, 0.25) is 0 Å². The summed E-state index contributed by atoms with van der Waals surface area (Å²) in [5, 5.41) is 0.619. The standard InChI is InChI=1S/C12H18BrNO2S/c1-4-11(8-13)14-17(15,16)12-6-5-9(2)10(3)7-12/h5-7,11,14H,4,8H2,1-3H3. The first-order valence-corrected chi connectivity index (χ1v) is 8.16. The molecule has 0 aliphatic heterocycles. The molecule has 1 rings (SSSR count). The third-order valence-electron chi connectivity index (χ3n) is 2.79. The maximum absolute atomic E-state index is 12.1. The number of alkyl halides is 1. The fourth-order valence-electron chi connectivity index (χ4n) is 1.39. The Morgan fingerprint density at radius 3 is 2.41 bits per heavy atom. The maximum atomic E-state index is 12.1. The average molecular weight is 320 g/mol. The molecule has 0 aliphatic rings. The number of rotatable bonds is 5. The zero-order chi connectivity index (χ0) is 13.1. The minimum Gasteiger partial charge on any atom is -0.207 e. The van der Waals surface area contributed by atoms with Crippen molar-refractivity contribution in [2.75, 3.05) is 5.33 Å². The van der Waals surface area contributed by atoms with E-state index in [1.165, 1.54) is 0 Å². The number of sulfonamides is 1. The van der Waals surface area contributed by atoms with Crippen LogP contribution in [-0.2, 0) is 10.0 Å². The Hall–Kier alpha value is -0.390. The molecule has 5 heteroatoms.